The number of hydrogen-bond acceptors (Lipinski definition) is 9. The Bertz CT molecular complexity index is 2040. The van der Waals surface area contributed by atoms with Gasteiger partial charge in [-0.2, -0.15) is 13.2 Å². The average molecular weight is 690 g/mol. The molecular weight excluding hydrogens is 657 g/mol. The molecule has 0 saturated carbocycles. The highest BCUT2D eigenvalue weighted by atomic mass is 19.4. The molecule has 3 aromatic carbocycles. The largest absolute Gasteiger partial charge is 0.594 e. The van der Waals surface area contributed by atoms with Crippen LogP contribution in [0, 0.1) is 11.8 Å². The molecule has 13 heteroatoms. The minimum atomic E-state index is -5.00. The van der Waals surface area contributed by atoms with Crippen molar-refractivity contribution in [2.75, 3.05) is 14.1 Å². The van der Waals surface area contributed by atoms with Crippen molar-refractivity contribution in [3.8, 4) is 11.6 Å². The van der Waals surface area contributed by atoms with E-state index >= 15 is 0 Å². The fraction of sp³-hybridized carbons (Fsp3) is 0.297. The highest BCUT2D eigenvalue weighted by Crippen LogP contribution is 2.57. The lowest BCUT2D eigenvalue weighted by molar-refractivity contribution is -0.138. The van der Waals surface area contributed by atoms with Gasteiger partial charge in [-0.05, 0) is 54.9 Å². The first-order chi connectivity index (χ1) is 23.9. The maximum Gasteiger partial charge on any atom is 0.417 e. The van der Waals surface area contributed by atoms with Crippen LogP contribution in [0.15, 0.2) is 82.6 Å². The third-order valence-electron chi connectivity index (χ3n) is 9.81. The molecule has 50 heavy (non-hydrogen) atoms. The molecule has 0 fully saturated rings. The zero-order valence-electron chi connectivity index (χ0n) is 26.9. The van der Waals surface area contributed by atoms with Crippen LogP contribution in [0.5, 0.6) is 11.6 Å². The first kappa shape index (κ1) is 33.2. The van der Waals surface area contributed by atoms with Gasteiger partial charge in [0, 0.05) is 17.4 Å². The van der Waals surface area contributed by atoms with E-state index in [4.69, 9.17) is 14.0 Å². The normalized spacial score (nSPS) is 22.8. The summed E-state index contributed by atoms with van der Waals surface area (Å²) in [6.07, 6.45) is -5.48. The third-order valence-corrected chi connectivity index (χ3v) is 9.81. The summed E-state index contributed by atoms with van der Waals surface area (Å²) in [6.45, 7) is -0.110. The van der Waals surface area contributed by atoms with Gasteiger partial charge in [0.05, 0.1) is 22.7 Å². The number of Topliss-reactive ketones (excluding diaryl/α,β-unsaturated/α-hetero) is 2. The minimum absolute atomic E-state index is 0.0177. The van der Waals surface area contributed by atoms with Crippen molar-refractivity contribution in [1.29, 1.82) is 0 Å². The number of aromatic nitrogens is 1. The second-order valence-electron chi connectivity index (χ2n) is 12.9. The maximum absolute atomic E-state index is 14.6. The smallest absolute Gasteiger partial charge is 0.417 e. The SMILES string of the molecule is CN(C)[C@@H]1c2onc(OCc3ccccc3)c2C(=O)[C@@]2(O)C([OH2+])=C3C(=O)c4c(OCc5ccccc5)cc(C=O)c(C(F)(F)F)c4C[C@H]3C[C@@H]12. The van der Waals surface area contributed by atoms with Crippen molar-refractivity contribution in [3.05, 3.63) is 123 Å². The van der Waals surface area contributed by atoms with E-state index in [0.717, 1.165) is 11.6 Å². The summed E-state index contributed by atoms with van der Waals surface area (Å²) in [5.74, 6) is -5.16. The number of ether oxygens (including phenoxy) is 2. The lowest BCUT2D eigenvalue weighted by atomic mass is 9.58. The summed E-state index contributed by atoms with van der Waals surface area (Å²) in [6, 6.07) is 17.8. The van der Waals surface area contributed by atoms with E-state index in [-0.39, 0.29) is 54.4 Å². The molecule has 3 N–H and O–H groups in total. The van der Waals surface area contributed by atoms with Crippen molar-refractivity contribution >= 4 is 17.9 Å². The summed E-state index contributed by atoms with van der Waals surface area (Å²) < 4.78 is 61.3. The molecule has 0 saturated heterocycles. The zero-order chi connectivity index (χ0) is 35.5. The van der Waals surface area contributed by atoms with Gasteiger partial charge in [-0.3, -0.25) is 19.3 Å². The predicted molar refractivity (Wildman–Crippen MR) is 171 cm³/mol. The number of rotatable bonds is 8. The van der Waals surface area contributed by atoms with Gasteiger partial charge in [0.1, 0.15) is 24.5 Å². The number of aldehydes is 1. The molecule has 258 valence electrons. The maximum atomic E-state index is 14.6. The van der Waals surface area contributed by atoms with Crippen molar-refractivity contribution in [2.24, 2.45) is 11.8 Å². The van der Waals surface area contributed by atoms with Crippen LogP contribution in [0.25, 0.3) is 0 Å². The lowest BCUT2D eigenvalue weighted by Gasteiger charge is -2.47. The van der Waals surface area contributed by atoms with Crippen molar-refractivity contribution in [3.63, 3.8) is 0 Å². The van der Waals surface area contributed by atoms with E-state index in [1.165, 1.54) is 0 Å². The second kappa shape index (κ2) is 12.3. The highest BCUT2D eigenvalue weighted by molar-refractivity contribution is 6.16. The molecule has 10 nitrogen and oxygen atoms in total. The van der Waals surface area contributed by atoms with Crippen LogP contribution in [0.3, 0.4) is 0 Å². The lowest BCUT2D eigenvalue weighted by Crippen LogP contribution is -2.59. The molecule has 4 aromatic rings. The van der Waals surface area contributed by atoms with E-state index in [9.17, 15) is 37.8 Å². The summed E-state index contributed by atoms with van der Waals surface area (Å²) >= 11 is 0. The van der Waals surface area contributed by atoms with Gasteiger partial charge >= 0.3 is 6.18 Å². The molecule has 1 aromatic heterocycles. The number of aliphatic hydroxyl groups is 1. The van der Waals surface area contributed by atoms with Crippen LogP contribution >= 0.6 is 0 Å². The van der Waals surface area contributed by atoms with Crippen LogP contribution in [0.1, 0.15) is 71.6 Å². The van der Waals surface area contributed by atoms with Gasteiger partial charge in [0.25, 0.3) is 11.6 Å². The van der Waals surface area contributed by atoms with Gasteiger partial charge < -0.3 is 24.2 Å². The number of hydrogen-bond donors (Lipinski definition) is 1. The monoisotopic (exact) mass is 689 g/mol. The van der Waals surface area contributed by atoms with E-state index in [1.54, 1.807) is 61.5 Å². The van der Waals surface area contributed by atoms with E-state index in [0.29, 0.717) is 5.56 Å². The standard InChI is InChI=1S/C37H31F3N2O8/c1-42(2)30-24-14-21-13-23-27(25(48-17-19-9-5-3-6-10-19)15-22(16-43)29(23)37(38,39)40)31(44)26(21)33(45)36(24,47)34(46)28-32(30)50-41-35(28)49-18-20-11-7-4-8-12-20/h3-12,15-16,21,24,30,45,47H,13-14,17-18H2,1-2H3/p+1/t21-,24-,30-,36-/m0/s1. The Hall–Kier alpha value is -5.27. The molecule has 7 rings (SSSR count). The molecule has 0 aliphatic heterocycles. The van der Waals surface area contributed by atoms with Gasteiger partial charge in [-0.15, -0.1) is 0 Å². The molecule has 1 heterocycles. The minimum Gasteiger partial charge on any atom is -0.594 e. The molecule has 0 amide bonds. The Morgan fingerprint density at radius 1 is 1.02 bits per heavy atom. The molecule has 4 atom stereocenters. The average Bonchev–Trinajstić information content (AvgIpc) is 3.51. The van der Waals surface area contributed by atoms with Crippen LogP contribution in [0.4, 0.5) is 13.2 Å². The molecule has 3 aliphatic rings. The molecule has 0 bridgehead atoms. The Kier molecular flexibility index (Phi) is 8.14. The fourth-order valence-corrected chi connectivity index (χ4v) is 7.65. The number of fused-ring (bicyclic) bond motifs is 4. The Morgan fingerprint density at radius 2 is 1.64 bits per heavy atom. The number of allylic oxidation sites excluding steroid dienone is 1. The van der Waals surface area contributed by atoms with E-state index < -0.39 is 75.7 Å². The number of benzene rings is 3. The number of halogens is 3. The van der Waals surface area contributed by atoms with Crippen molar-refractivity contribution in [2.45, 2.75) is 43.9 Å². The highest BCUT2D eigenvalue weighted by Gasteiger charge is 2.66. The number of nitrogens with zero attached hydrogens (tertiary/aromatic N) is 2. The van der Waals surface area contributed by atoms with E-state index in [1.807, 2.05) is 18.2 Å². The second-order valence-corrected chi connectivity index (χ2v) is 12.9. The van der Waals surface area contributed by atoms with Crippen LogP contribution in [-0.2, 0) is 25.8 Å². The zero-order valence-corrected chi connectivity index (χ0v) is 26.9. The van der Waals surface area contributed by atoms with E-state index in [2.05, 4.69) is 5.16 Å². The number of alkyl halides is 3. The molecule has 0 radical (unpaired) electrons. The van der Waals surface area contributed by atoms with Crippen LogP contribution in [-0.4, -0.2) is 57.8 Å². The third kappa shape index (κ3) is 5.19. The van der Waals surface area contributed by atoms with Crippen LogP contribution < -0.4 is 9.47 Å². The quantitative estimate of drug-likeness (QED) is 0.194. The molecule has 0 unspecified atom stereocenters. The molecule has 3 aliphatic carbocycles. The first-order valence-corrected chi connectivity index (χ1v) is 15.9. The first-order valence-electron chi connectivity index (χ1n) is 15.9. The van der Waals surface area contributed by atoms with Gasteiger partial charge in [-0.1, -0.05) is 60.7 Å². The summed E-state index contributed by atoms with van der Waals surface area (Å²) in [5, 5.41) is 25.6. The fourth-order valence-electron chi connectivity index (χ4n) is 7.65. The molecule has 0 spiro atoms. The number of ketones is 2. The van der Waals surface area contributed by atoms with Crippen molar-refractivity contribution < 1.29 is 51.8 Å². The molecular formula is C37H32F3N2O8+. The summed E-state index contributed by atoms with van der Waals surface area (Å²) in [4.78, 5) is 42.5. The Labute approximate surface area is 283 Å². The van der Waals surface area contributed by atoms with Gasteiger partial charge in [-0.25, -0.2) is 0 Å². The Morgan fingerprint density at radius 3 is 2.22 bits per heavy atom. The topological polar surface area (TPSA) is 142 Å². The number of carbonyl (C=O) groups is 3. The Balaban J connectivity index is 1.36. The van der Waals surface area contributed by atoms with Crippen molar-refractivity contribution in [1.82, 2.24) is 10.1 Å². The van der Waals surface area contributed by atoms with Gasteiger partial charge in [0.15, 0.2) is 12.0 Å². The summed E-state index contributed by atoms with van der Waals surface area (Å²) in [7, 11) is 3.33. The van der Waals surface area contributed by atoms with Crippen LogP contribution in [0.2, 0.25) is 0 Å². The van der Waals surface area contributed by atoms with Gasteiger partial charge in [0.2, 0.25) is 17.2 Å². The summed E-state index contributed by atoms with van der Waals surface area (Å²) in [5.41, 5.74) is -4.44. The number of carbonyl (C=O) groups excluding carboxylic acids is 3. The predicted octanol–water partition coefficient (Wildman–Crippen LogP) is 5.25.